The number of carbonyl (C=O) groups excluding carboxylic acids is 3. The van der Waals surface area contributed by atoms with Gasteiger partial charge in [-0.3, -0.25) is 14.9 Å². The van der Waals surface area contributed by atoms with E-state index in [1.165, 1.54) is 12.1 Å². The number of hydrogen-bond acceptors (Lipinski definition) is 7. The molecule has 32 heavy (non-hydrogen) atoms. The van der Waals surface area contributed by atoms with E-state index >= 15 is 0 Å². The third kappa shape index (κ3) is 7.08. The highest BCUT2D eigenvalue weighted by Crippen LogP contribution is 2.22. The number of carbonyl (C=O) groups is 3. The van der Waals surface area contributed by atoms with Crippen molar-refractivity contribution in [2.75, 3.05) is 19.0 Å². The fourth-order valence-electron chi connectivity index (χ4n) is 2.70. The first kappa shape index (κ1) is 24.3. The van der Waals surface area contributed by atoms with Gasteiger partial charge in [0.25, 0.3) is 11.6 Å². The lowest BCUT2D eigenvalue weighted by atomic mass is 10.1. The maximum absolute atomic E-state index is 12.5. The number of nitrogens with one attached hydrogen (secondary N) is 2. The third-order valence-corrected chi connectivity index (χ3v) is 4.15. The lowest BCUT2D eigenvalue weighted by molar-refractivity contribution is -0.385. The molecule has 0 saturated heterocycles. The highest BCUT2D eigenvalue weighted by atomic mass is 16.6. The molecule has 0 saturated carbocycles. The molecule has 2 aromatic rings. The fourth-order valence-corrected chi connectivity index (χ4v) is 2.70. The van der Waals surface area contributed by atoms with Crippen LogP contribution >= 0.6 is 0 Å². The Morgan fingerprint density at radius 3 is 2.28 bits per heavy atom. The van der Waals surface area contributed by atoms with Crippen molar-refractivity contribution in [1.82, 2.24) is 5.32 Å². The van der Waals surface area contributed by atoms with E-state index in [-0.39, 0.29) is 11.1 Å². The first-order valence-corrected chi connectivity index (χ1v) is 9.74. The van der Waals surface area contributed by atoms with Crippen LogP contribution in [0, 0.1) is 10.1 Å². The Morgan fingerprint density at radius 1 is 1.06 bits per heavy atom. The van der Waals surface area contributed by atoms with Crippen molar-refractivity contribution >= 4 is 29.3 Å². The molecule has 0 aliphatic heterocycles. The van der Waals surface area contributed by atoms with Gasteiger partial charge in [0, 0.05) is 18.3 Å². The predicted octanol–water partition coefficient (Wildman–Crippen LogP) is 3.70. The van der Waals surface area contributed by atoms with Gasteiger partial charge in [0.2, 0.25) is 0 Å². The number of amides is 2. The number of nitro benzene ring substituents is 1. The summed E-state index contributed by atoms with van der Waals surface area (Å²) in [5.74, 6) is -1.43. The van der Waals surface area contributed by atoms with Crippen LogP contribution in [0.4, 0.5) is 16.2 Å². The average molecular weight is 443 g/mol. The molecule has 0 atom stereocenters. The van der Waals surface area contributed by atoms with E-state index in [1.807, 2.05) is 0 Å². The number of alkyl carbamates (subject to hydrolysis) is 1. The van der Waals surface area contributed by atoms with Gasteiger partial charge < -0.3 is 20.1 Å². The molecule has 0 heterocycles. The van der Waals surface area contributed by atoms with Crippen molar-refractivity contribution in [3.8, 4) is 0 Å². The second-order valence-corrected chi connectivity index (χ2v) is 7.81. The predicted molar refractivity (Wildman–Crippen MR) is 117 cm³/mol. The molecule has 170 valence electrons. The smallest absolute Gasteiger partial charge is 0.407 e. The largest absolute Gasteiger partial charge is 0.465 e. The number of ether oxygens (including phenoxy) is 2. The van der Waals surface area contributed by atoms with Gasteiger partial charge in [-0.1, -0.05) is 12.1 Å². The standard InChI is InChI=1S/C22H25N3O7/c1-22(2,3)32-21(28)23-12-11-14-5-8-16(9-6-14)24-19(26)17-10-7-15(20(27)31-4)13-18(17)25(29)30/h5-10,13H,11-12H2,1-4H3,(H,23,28)(H,24,26). The minimum absolute atomic E-state index is 0.0277. The van der Waals surface area contributed by atoms with Gasteiger partial charge in [-0.15, -0.1) is 0 Å². The highest BCUT2D eigenvalue weighted by molar-refractivity contribution is 6.07. The SMILES string of the molecule is COC(=O)c1ccc(C(=O)Nc2ccc(CCNC(=O)OC(C)(C)C)cc2)c([N+](=O)[O-])c1. The molecule has 0 spiro atoms. The lowest BCUT2D eigenvalue weighted by Gasteiger charge is -2.19. The van der Waals surface area contributed by atoms with Gasteiger partial charge in [0.05, 0.1) is 17.6 Å². The highest BCUT2D eigenvalue weighted by Gasteiger charge is 2.23. The molecule has 0 fully saturated rings. The summed E-state index contributed by atoms with van der Waals surface area (Å²) in [6.07, 6.45) is 0.0506. The molecule has 0 unspecified atom stereocenters. The summed E-state index contributed by atoms with van der Waals surface area (Å²) >= 11 is 0. The monoisotopic (exact) mass is 443 g/mol. The van der Waals surface area contributed by atoms with Gasteiger partial charge in [-0.05, 0) is 57.0 Å². The van der Waals surface area contributed by atoms with E-state index in [1.54, 1.807) is 45.0 Å². The number of nitrogens with zero attached hydrogens (tertiary/aromatic N) is 1. The van der Waals surface area contributed by atoms with E-state index in [0.29, 0.717) is 18.7 Å². The van der Waals surface area contributed by atoms with E-state index in [4.69, 9.17) is 4.74 Å². The van der Waals surface area contributed by atoms with Crippen LogP contribution < -0.4 is 10.6 Å². The summed E-state index contributed by atoms with van der Waals surface area (Å²) in [6, 6.07) is 10.3. The Hall–Kier alpha value is -3.95. The fraction of sp³-hybridized carbons (Fsp3) is 0.318. The maximum atomic E-state index is 12.5. The Kier molecular flexibility index (Phi) is 7.89. The summed E-state index contributed by atoms with van der Waals surface area (Å²) in [4.78, 5) is 46.4. The lowest BCUT2D eigenvalue weighted by Crippen LogP contribution is -2.33. The number of benzene rings is 2. The number of esters is 1. The molecule has 2 N–H and O–H groups in total. The van der Waals surface area contributed by atoms with Crippen molar-refractivity contribution in [3.63, 3.8) is 0 Å². The Labute approximate surface area is 185 Å². The zero-order valence-corrected chi connectivity index (χ0v) is 18.3. The second kappa shape index (κ2) is 10.4. The molecule has 0 aromatic heterocycles. The number of methoxy groups -OCH3 is 1. The van der Waals surface area contributed by atoms with Crippen LogP contribution in [0.1, 0.15) is 47.1 Å². The van der Waals surface area contributed by atoms with E-state index < -0.39 is 34.2 Å². The molecular formula is C22H25N3O7. The number of anilines is 1. The van der Waals surface area contributed by atoms with Crippen LogP contribution in [-0.2, 0) is 15.9 Å². The minimum atomic E-state index is -0.739. The van der Waals surface area contributed by atoms with Gasteiger partial charge in [0.15, 0.2) is 0 Å². The normalized spacial score (nSPS) is 10.8. The molecule has 2 aromatic carbocycles. The maximum Gasteiger partial charge on any atom is 0.407 e. The summed E-state index contributed by atoms with van der Waals surface area (Å²) in [7, 11) is 1.16. The van der Waals surface area contributed by atoms with Crippen LogP contribution in [0.15, 0.2) is 42.5 Å². The van der Waals surface area contributed by atoms with E-state index in [9.17, 15) is 24.5 Å². The number of rotatable bonds is 7. The van der Waals surface area contributed by atoms with Crippen LogP contribution in [0.25, 0.3) is 0 Å². The van der Waals surface area contributed by atoms with Crippen molar-refractivity contribution in [2.45, 2.75) is 32.8 Å². The molecule has 10 nitrogen and oxygen atoms in total. The van der Waals surface area contributed by atoms with Crippen molar-refractivity contribution in [1.29, 1.82) is 0 Å². The Bertz CT molecular complexity index is 1010. The zero-order valence-electron chi connectivity index (χ0n) is 18.3. The van der Waals surface area contributed by atoms with Crippen molar-refractivity contribution in [3.05, 3.63) is 69.3 Å². The first-order chi connectivity index (χ1) is 15.0. The van der Waals surface area contributed by atoms with Gasteiger partial charge >= 0.3 is 12.1 Å². The van der Waals surface area contributed by atoms with Crippen molar-refractivity contribution in [2.24, 2.45) is 0 Å². The summed E-state index contributed by atoms with van der Waals surface area (Å²) in [5, 5.41) is 16.6. The van der Waals surface area contributed by atoms with Crippen LogP contribution in [0.5, 0.6) is 0 Å². The molecule has 0 aliphatic rings. The summed E-state index contributed by atoms with van der Waals surface area (Å²) in [6.45, 7) is 5.71. The topological polar surface area (TPSA) is 137 Å². The molecule has 2 rings (SSSR count). The molecule has 2 amide bonds. The van der Waals surface area contributed by atoms with Gasteiger partial charge in [0.1, 0.15) is 11.2 Å². The quantitative estimate of drug-likeness (QED) is 0.378. The molecule has 0 radical (unpaired) electrons. The Morgan fingerprint density at radius 2 is 1.72 bits per heavy atom. The second-order valence-electron chi connectivity index (χ2n) is 7.81. The summed E-state index contributed by atoms with van der Waals surface area (Å²) in [5.41, 5.74) is 0.0554. The minimum Gasteiger partial charge on any atom is -0.465 e. The Balaban J connectivity index is 2.00. The van der Waals surface area contributed by atoms with Crippen LogP contribution in [0.2, 0.25) is 0 Å². The van der Waals surface area contributed by atoms with Crippen LogP contribution in [0.3, 0.4) is 0 Å². The van der Waals surface area contributed by atoms with Gasteiger partial charge in [-0.2, -0.15) is 0 Å². The third-order valence-electron chi connectivity index (χ3n) is 4.15. The van der Waals surface area contributed by atoms with E-state index in [2.05, 4.69) is 15.4 Å². The number of hydrogen-bond donors (Lipinski definition) is 2. The summed E-state index contributed by atoms with van der Waals surface area (Å²) < 4.78 is 9.71. The molecular weight excluding hydrogens is 418 g/mol. The molecule has 10 heteroatoms. The van der Waals surface area contributed by atoms with Crippen LogP contribution in [-0.4, -0.2) is 42.1 Å². The number of nitro groups is 1. The first-order valence-electron chi connectivity index (χ1n) is 9.74. The zero-order chi connectivity index (χ0) is 23.9. The van der Waals surface area contributed by atoms with Crippen molar-refractivity contribution < 1.29 is 28.8 Å². The molecule has 0 bridgehead atoms. The van der Waals surface area contributed by atoms with Gasteiger partial charge in [-0.25, -0.2) is 9.59 Å². The molecule has 0 aliphatic carbocycles. The average Bonchev–Trinajstić information content (AvgIpc) is 2.72. The van der Waals surface area contributed by atoms with E-state index in [0.717, 1.165) is 18.7 Å².